The SMILES string of the molecule is O=C(O)CNC(=O)c1c(O)c2c(n(Cc3ccc(-c4ccc(F)cc4)[nH+]c3)c1=O)CSC2. The maximum absolute atomic E-state index is 13.1. The molecule has 0 fully saturated rings. The molecular weight excluding hydrogens is 437 g/mol. The monoisotopic (exact) mass is 456 g/mol. The van der Waals surface area contributed by atoms with Gasteiger partial charge >= 0.3 is 5.97 Å². The summed E-state index contributed by atoms with van der Waals surface area (Å²) >= 11 is 1.51. The van der Waals surface area contributed by atoms with Crippen LogP contribution in [0.2, 0.25) is 0 Å². The number of halogens is 1. The van der Waals surface area contributed by atoms with Crippen LogP contribution in [-0.2, 0) is 22.8 Å². The van der Waals surface area contributed by atoms with E-state index in [1.54, 1.807) is 18.3 Å². The maximum atomic E-state index is 13.1. The van der Waals surface area contributed by atoms with E-state index in [-0.39, 0.29) is 12.4 Å². The summed E-state index contributed by atoms with van der Waals surface area (Å²) in [5.74, 6) is -1.96. The minimum absolute atomic E-state index is 0.154. The molecule has 0 spiro atoms. The Balaban J connectivity index is 1.68. The fourth-order valence-corrected chi connectivity index (χ4v) is 4.67. The first kappa shape index (κ1) is 21.6. The Hall–Kier alpha value is -3.66. The van der Waals surface area contributed by atoms with E-state index in [4.69, 9.17) is 5.11 Å². The van der Waals surface area contributed by atoms with E-state index in [0.717, 1.165) is 16.8 Å². The lowest BCUT2D eigenvalue weighted by atomic mass is 10.1. The number of carboxylic acid groups (broad SMARTS) is 1. The summed E-state index contributed by atoms with van der Waals surface area (Å²) in [6.07, 6.45) is 1.72. The lowest BCUT2D eigenvalue weighted by Gasteiger charge is -2.15. The molecule has 8 nitrogen and oxygen atoms in total. The molecule has 1 aliphatic heterocycles. The standard InChI is InChI=1S/C22H18FN3O5S/c23-14-4-2-13(3-5-14)16-6-1-12(7-24-16)9-26-17-11-32-10-15(17)20(29)19(22(26)31)21(30)25-8-18(27)28/h1-7,29H,8-11H2,(H,25,30)(H,27,28)/p+1. The number of aromatic nitrogens is 2. The zero-order valence-corrected chi connectivity index (χ0v) is 17.5. The Morgan fingerprint density at radius 1 is 1.16 bits per heavy atom. The number of amides is 1. The summed E-state index contributed by atoms with van der Waals surface area (Å²) in [7, 11) is 0. The molecule has 0 unspecified atom stereocenters. The van der Waals surface area contributed by atoms with Gasteiger partial charge in [0, 0.05) is 40.0 Å². The molecule has 0 bridgehead atoms. The van der Waals surface area contributed by atoms with Crippen LogP contribution in [0.25, 0.3) is 11.3 Å². The van der Waals surface area contributed by atoms with Crippen LogP contribution in [0.5, 0.6) is 5.75 Å². The number of hydrogen-bond acceptors (Lipinski definition) is 5. The van der Waals surface area contributed by atoms with Crippen molar-refractivity contribution >= 4 is 23.6 Å². The number of aromatic amines is 1. The Morgan fingerprint density at radius 3 is 2.56 bits per heavy atom. The molecule has 1 amide bonds. The molecule has 3 aromatic rings. The number of aromatic hydroxyl groups is 1. The number of nitrogens with zero attached hydrogens (tertiary/aromatic N) is 1. The molecule has 32 heavy (non-hydrogen) atoms. The molecule has 10 heteroatoms. The Bertz CT molecular complexity index is 1260. The van der Waals surface area contributed by atoms with Crippen molar-refractivity contribution in [2.24, 2.45) is 0 Å². The van der Waals surface area contributed by atoms with E-state index in [0.29, 0.717) is 22.8 Å². The molecular formula is C22H19FN3O5S+. The third kappa shape index (κ3) is 4.22. The van der Waals surface area contributed by atoms with Gasteiger partial charge in [0.05, 0.1) is 6.54 Å². The number of carbonyl (C=O) groups is 2. The largest absolute Gasteiger partial charge is 0.507 e. The topological polar surface area (TPSA) is 123 Å². The van der Waals surface area contributed by atoms with Crippen LogP contribution in [0.4, 0.5) is 4.39 Å². The summed E-state index contributed by atoms with van der Waals surface area (Å²) in [6, 6.07) is 9.65. The van der Waals surface area contributed by atoms with Crippen LogP contribution in [0.1, 0.15) is 27.2 Å². The van der Waals surface area contributed by atoms with E-state index >= 15 is 0 Å². The van der Waals surface area contributed by atoms with E-state index in [1.807, 2.05) is 12.1 Å². The zero-order valence-electron chi connectivity index (χ0n) is 16.7. The van der Waals surface area contributed by atoms with E-state index in [2.05, 4.69) is 10.3 Å². The predicted molar refractivity (Wildman–Crippen MR) is 115 cm³/mol. The van der Waals surface area contributed by atoms with Crippen molar-refractivity contribution in [3.63, 3.8) is 0 Å². The molecule has 0 saturated carbocycles. The summed E-state index contributed by atoms with van der Waals surface area (Å²) in [5, 5.41) is 21.5. The van der Waals surface area contributed by atoms with Crippen LogP contribution in [-0.4, -0.2) is 33.2 Å². The summed E-state index contributed by atoms with van der Waals surface area (Å²) in [6.45, 7) is -0.509. The van der Waals surface area contributed by atoms with Gasteiger partial charge in [0.2, 0.25) is 5.69 Å². The van der Waals surface area contributed by atoms with Crippen molar-refractivity contribution in [2.45, 2.75) is 18.1 Å². The number of carbonyl (C=O) groups excluding carboxylic acids is 1. The number of fused-ring (bicyclic) bond motifs is 1. The van der Waals surface area contributed by atoms with Gasteiger partial charge in [-0.25, -0.2) is 9.37 Å². The molecule has 2 aromatic heterocycles. The average molecular weight is 456 g/mol. The van der Waals surface area contributed by atoms with Gasteiger partial charge in [-0.15, -0.1) is 0 Å². The van der Waals surface area contributed by atoms with Gasteiger partial charge in [-0.2, -0.15) is 11.8 Å². The normalized spacial score (nSPS) is 12.4. The number of hydrogen-bond donors (Lipinski definition) is 3. The number of thioether (sulfide) groups is 1. The predicted octanol–water partition coefficient (Wildman–Crippen LogP) is 1.78. The van der Waals surface area contributed by atoms with E-state index < -0.39 is 35.3 Å². The highest BCUT2D eigenvalue weighted by Crippen LogP contribution is 2.36. The number of pyridine rings is 2. The number of rotatable bonds is 6. The zero-order chi connectivity index (χ0) is 22.8. The Morgan fingerprint density at radius 2 is 1.91 bits per heavy atom. The lowest BCUT2D eigenvalue weighted by Crippen LogP contribution is -2.37. The third-order valence-corrected chi connectivity index (χ3v) is 6.11. The van der Waals surface area contributed by atoms with Crippen LogP contribution < -0.4 is 15.9 Å². The molecule has 0 radical (unpaired) electrons. The van der Waals surface area contributed by atoms with Gasteiger partial charge in [-0.1, -0.05) is 0 Å². The summed E-state index contributed by atoms with van der Waals surface area (Å²) < 4.78 is 14.6. The molecule has 4 N–H and O–H groups in total. The van der Waals surface area contributed by atoms with Crippen LogP contribution >= 0.6 is 11.8 Å². The van der Waals surface area contributed by atoms with Crippen molar-refractivity contribution in [1.82, 2.24) is 9.88 Å². The summed E-state index contributed by atoms with van der Waals surface area (Å²) in [5.41, 5.74) is 2.31. The van der Waals surface area contributed by atoms with E-state index in [9.17, 15) is 23.9 Å². The van der Waals surface area contributed by atoms with Gasteiger partial charge in [-0.05, 0) is 30.3 Å². The minimum Gasteiger partial charge on any atom is -0.507 e. The molecule has 1 aromatic carbocycles. The van der Waals surface area contributed by atoms with Gasteiger partial charge in [0.1, 0.15) is 23.7 Å². The number of benzene rings is 1. The van der Waals surface area contributed by atoms with Crippen molar-refractivity contribution < 1.29 is 29.2 Å². The Kier molecular flexibility index (Phi) is 5.95. The highest BCUT2D eigenvalue weighted by molar-refractivity contribution is 7.98. The quantitative estimate of drug-likeness (QED) is 0.520. The molecule has 1 aliphatic rings. The smallest absolute Gasteiger partial charge is 0.322 e. The second-order valence-corrected chi connectivity index (χ2v) is 8.21. The maximum Gasteiger partial charge on any atom is 0.322 e. The van der Waals surface area contributed by atoms with Crippen molar-refractivity contribution in [3.05, 3.63) is 81.2 Å². The molecule has 0 aliphatic carbocycles. The van der Waals surface area contributed by atoms with Gasteiger partial charge in [0.25, 0.3) is 11.5 Å². The average Bonchev–Trinajstić information content (AvgIpc) is 3.26. The second kappa shape index (κ2) is 8.83. The van der Waals surface area contributed by atoms with Crippen LogP contribution in [0.3, 0.4) is 0 Å². The first-order valence-electron chi connectivity index (χ1n) is 9.67. The van der Waals surface area contributed by atoms with Crippen molar-refractivity contribution in [2.75, 3.05) is 6.54 Å². The second-order valence-electron chi connectivity index (χ2n) is 7.23. The fraction of sp³-hybridized carbons (Fsp3) is 0.182. The lowest BCUT2D eigenvalue weighted by molar-refractivity contribution is -0.365. The molecule has 164 valence electrons. The first-order chi connectivity index (χ1) is 15.3. The molecule has 0 saturated heterocycles. The highest BCUT2D eigenvalue weighted by atomic mass is 32.2. The molecule has 4 rings (SSSR count). The highest BCUT2D eigenvalue weighted by Gasteiger charge is 2.29. The van der Waals surface area contributed by atoms with Gasteiger partial charge in [-0.3, -0.25) is 14.4 Å². The van der Waals surface area contributed by atoms with Crippen LogP contribution in [0.15, 0.2) is 47.4 Å². The minimum atomic E-state index is -1.26. The van der Waals surface area contributed by atoms with Gasteiger partial charge < -0.3 is 20.1 Å². The number of nitrogens with one attached hydrogen (secondary N) is 2. The van der Waals surface area contributed by atoms with Crippen molar-refractivity contribution in [1.29, 1.82) is 0 Å². The van der Waals surface area contributed by atoms with E-state index in [1.165, 1.54) is 28.5 Å². The molecule has 3 heterocycles. The van der Waals surface area contributed by atoms with Crippen molar-refractivity contribution in [3.8, 4) is 17.0 Å². The number of aliphatic carboxylic acids is 1. The van der Waals surface area contributed by atoms with Gasteiger partial charge in [0.15, 0.2) is 6.20 Å². The third-order valence-electron chi connectivity index (χ3n) is 5.14. The fourth-order valence-electron chi connectivity index (χ4n) is 3.54. The Labute approximate surface area is 185 Å². The van der Waals surface area contributed by atoms with Crippen LogP contribution in [0, 0.1) is 5.82 Å². The molecule has 0 atom stereocenters. The first-order valence-corrected chi connectivity index (χ1v) is 10.8. The summed E-state index contributed by atoms with van der Waals surface area (Å²) in [4.78, 5) is 39.4. The number of carboxylic acids is 1. The number of H-pyrrole nitrogens is 1.